The van der Waals surface area contributed by atoms with E-state index in [2.05, 4.69) is 67.4 Å². The molecule has 1 aromatic carbocycles. The third-order valence-electron chi connectivity index (χ3n) is 3.26. The number of pyridine rings is 1. The maximum Gasteiger partial charge on any atom is 0.0500 e. The van der Waals surface area contributed by atoms with Gasteiger partial charge in [-0.1, -0.05) is 12.1 Å². The van der Waals surface area contributed by atoms with Crippen molar-refractivity contribution in [3.05, 3.63) is 53.9 Å². The van der Waals surface area contributed by atoms with Crippen LogP contribution >= 0.6 is 0 Å². The number of aromatic nitrogens is 1. The molecule has 0 saturated heterocycles. The summed E-state index contributed by atoms with van der Waals surface area (Å²) < 4.78 is 0. The molecule has 0 radical (unpaired) electrons. The zero-order chi connectivity index (χ0) is 13.8. The van der Waals surface area contributed by atoms with Crippen LogP contribution in [0.3, 0.4) is 0 Å². The molecule has 3 nitrogen and oxygen atoms in total. The summed E-state index contributed by atoms with van der Waals surface area (Å²) in [6, 6.07) is 10.7. The van der Waals surface area contributed by atoms with Gasteiger partial charge in [0.2, 0.25) is 0 Å². The monoisotopic (exact) mass is 255 g/mol. The number of hydrogen-bond donors (Lipinski definition) is 1. The highest BCUT2D eigenvalue weighted by atomic mass is 15.1. The smallest absolute Gasteiger partial charge is 0.0500 e. The van der Waals surface area contributed by atoms with Crippen molar-refractivity contribution in [1.82, 2.24) is 4.98 Å². The van der Waals surface area contributed by atoms with Gasteiger partial charge in [0.25, 0.3) is 0 Å². The van der Waals surface area contributed by atoms with Crippen LogP contribution in [0, 0.1) is 6.92 Å². The maximum absolute atomic E-state index is 4.16. The molecule has 19 heavy (non-hydrogen) atoms. The van der Waals surface area contributed by atoms with Crippen LogP contribution in [0.4, 0.5) is 11.4 Å². The molecule has 0 saturated carbocycles. The van der Waals surface area contributed by atoms with Crippen molar-refractivity contribution in [1.29, 1.82) is 0 Å². The normalized spacial score (nSPS) is 12.0. The van der Waals surface area contributed by atoms with E-state index >= 15 is 0 Å². The van der Waals surface area contributed by atoms with Crippen LogP contribution in [0.15, 0.2) is 42.7 Å². The molecule has 2 rings (SSSR count). The number of nitrogens with one attached hydrogen (secondary N) is 1. The average molecular weight is 255 g/mol. The SMILES string of the molecule is Cc1ccc(NC(C)c2cccnc2)cc1N(C)C. The first kappa shape index (κ1) is 13.4. The molecule has 1 atom stereocenters. The largest absolute Gasteiger partial charge is 0.378 e. The van der Waals surface area contributed by atoms with Gasteiger partial charge in [0.05, 0.1) is 6.04 Å². The van der Waals surface area contributed by atoms with Crippen molar-refractivity contribution in [2.45, 2.75) is 19.9 Å². The zero-order valence-electron chi connectivity index (χ0n) is 12.0. The van der Waals surface area contributed by atoms with Crippen molar-refractivity contribution in [3.8, 4) is 0 Å². The van der Waals surface area contributed by atoms with Gasteiger partial charge in [-0.15, -0.1) is 0 Å². The van der Waals surface area contributed by atoms with Crippen molar-refractivity contribution < 1.29 is 0 Å². The summed E-state index contributed by atoms with van der Waals surface area (Å²) in [6.45, 7) is 4.27. The van der Waals surface area contributed by atoms with E-state index < -0.39 is 0 Å². The van der Waals surface area contributed by atoms with E-state index in [4.69, 9.17) is 0 Å². The summed E-state index contributed by atoms with van der Waals surface area (Å²) in [6.07, 6.45) is 3.70. The van der Waals surface area contributed by atoms with Crippen LogP contribution in [0.1, 0.15) is 24.1 Å². The first-order valence-corrected chi connectivity index (χ1v) is 6.52. The lowest BCUT2D eigenvalue weighted by Gasteiger charge is -2.20. The van der Waals surface area contributed by atoms with E-state index in [-0.39, 0.29) is 6.04 Å². The molecule has 2 aromatic rings. The molecule has 0 spiro atoms. The Kier molecular flexibility index (Phi) is 4.05. The van der Waals surface area contributed by atoms with Crippen molar-refractivity contribution in [2.75, 3.05) is 24.3 Å². The van der Waals surface area contributed by atoms with Gasteiger partial charge < -0.3 is 10.2 Å². The van der Waals surface area contributed by atoms with Crippen LogP contribution in [-0.2, 0) is 0 Å². The first-order chi connectivity index (χ1) is 9.08. The number of nitrogens with zero attached hydrogens (tertiary/aromatic N) is 2. The molecule has 0 fully saturated rings. The van der Waals surface area contributed by atoms with Gasteiger partial charge in [0, 0.05) is 37.9 Å². The molecule has 0 aliphatic carbocycles. The van der Waals surface area contributed by atoms with Crippen LogP contribution in [0.25, 0.3) is 0 Å². The van der Waals surface area contributed by atoms with Gasteiger partial charge in [0.1, 0.15) is 0 Å². The second-order valence-corrected chi connectivity index (χ2v) is 5.05. The molecule has 1 heterocycles. The predicted molar refractivity (Wildman–Crippen MR) is 81.8 cm³/mol. The number of aryl methyl sites for hydroxylation is 1. The molecule has 1 aromatic heterocycles. The molecule has 1 unspecified atom stereocenters. The van der Waals surface area contributed by atoms with E-state index in [0.29, 0.717) is 0 Å². The first-order valence-electron chi connectivity index (χ1n) is 6.52. The molecule has 0 aliphatic heterocycles. The molecule has 1 N–H and O–H groups in total. The fourth-order valence-electron chi connectivity index (χ4n) is 2.15. The average Bonchev–Trinajstić information content (AvgIpc) is 2.41. The maximum atomic E-state index is 4.16. The summed E-state index contributed by atoms with van der Waals surface area (Å²) in [5.74, 6) is 0. The second kappa shape index (κ2) is 5.74. The highest BCUT2D eigenvalue weighted by Gasteiger charge is 2.07. The second-order valence-electron chi connectivity index (χ2n) is 5.05. The topological polar surface area (TPSA) is 28.2 Å². The number of hydrogen-bond acceptors (Lipinski definition) is 3. The fraction of sp³-hybridized carbons (Fsp3) is 0.312. The van der Waals surface area contributed by atoms with Crippen molar-refractivity contribution >= 4 is 11.4 Å². The molecule has 0 amide bonds. The lowest BCUT2D eigenvalue weighted by molar-refractivity contribution is 0.875. The van der Waals surface area contributed by atoms with Gasteiger partial charge in [-0.3, -0.25) is 4.98 Å². The Morgan fingerprint density at radius 2 is 2.00 bits per heavy atom. The zero-order valence-corrected chi connectivity index (χ0v) is 12.0. The van der Waals surface area contributed by atoms with Crippen LogP contribution in [-0.4, -0.2) is 19.1 Å². The lowest BCUT2D eigenvalue weighted by atomic mass is 10.1. The Hall–Kier alpha value is -2.03. The van der Waals surface area contributed by atoms with Crippen LogP contribution in [0.2, 0.25) is 0 Å². The molecular formula is C16H21N3. The Bertz CT molecular complexity index is 535. The molecule has 0 bridgehead atoms. The van der Waals surface area contributed by atoms with Crippen LogP contribution in [0.5, 0.6) is 0 Å². The quantitative estimate of drug-likeness (QED) is 0.904. The minimum atomic E-state index is 0.242. The minimum Gasteiger partial charge on any atom is -0.378 e. The standard InChI is InChI=1S/C16H21N3/c1-12-7-8-15(10-16(12)19(3)4)18-13(2)14-6-5-9-17-11-14/h5-11,13,18H,1-4H3. The Morgan fingerprint density at radius 3 is 2.63 bits per heavy atom. The summed E-state index contributed by atoms with van der Waals surface area (Å²) >= 11 is 0. The molecular weight excluding hydrogens is 234 g/mol. The summed E-state index contributed by atoms with van der Waals surface area (Å²) in [7, 11) is 4.13. The highest BCUT2D eigenvalue weighted by molar-refractivity contribution is 5.62. The third-order valence-corrected chi connectivity index (χ3v) is 3.26. The number of rotatable bonds is 4. The highest BCUT2D eigenvalue weighted by Crippen LogP contribution is 2.25. The van der Waals surface area contributed by atoms with E-state index in [0.717, 1.165) is 5.69 Å². The van der Waals surface area contributed by atoms with Crippen molar-refractivity contribution in [3.63, 3.8) is 0 Å². The minimum absolute atomic E-state index is 0.242. The lowest BCUT2D eigenvalue weighted by Crippen LogP contribution is -2.12. The van der Waals surface area contributed by atoms with E-state index in [1.807, 2.05) is 12.3 Å². The third kappa shape index (κ3) is 3.25. The van der Waals surface area contributed by atoms with Gasteiger partial charge in [0.15, 0.2) is 0 Å². The summed E-state index contributed by atoms with van der Waals surface area (Å²) in [5, 5.41) is 3.51. The summed E-state index contributed by atoms with van der Waals surface area (Å²) in [4.78, 5) is 6.29. The molecule has 0 aliphatic rings. The fourth-order valence-corrected chi connectivity index (χ4v) is 2.15. The number of anilines is 2. The van der Waals surface area contributed by atoms with Gasteiger partial charge >= 0.3 is 0 Å². The van der Waals surface area contributed by atoms with E-state index in [9.17, 15) is 0 Å². The van der Waals surface area contributed by atoms with E-state index in [1.165, 1.54) is 16.8 Å². The van der Waals surface area contributed by atoms with Gasteiger partial charge in [-0.2, -0.15) is 0 Å². The van der Waals surface area contributed by atoms with Crippen molar-refractivity contribution in [2.24, 2.45) is 0 Å². The van der Waals surface area contributed by atoms with Gasteiger partial charge in [-0.05, 0) is 43.2 Å². The van der Waals surface area contributed by atoms with Gasteiger partial charge in [-0.25, -0.2) is 0 Å². The Labute approximate surface area is 115 Å². The predicted octanol–water partition coefficient (Wildman–Crippen LogP) is 3.63. The van der Waals surface area contributed by atoms with E-state index in [1.54, 1.807) is 6.20 Å². The van der Waals surface area contributed by atoms with Crippen LogP contribution < -0.4 is 10.2 Å². The molecule has 100 valence electrons. The summed E-state index contributed by atoms with van der Waals surface area (Å²) in [5.41, 5.74) is 4.84. The number of benzene rings is 1. The molecule has 3 heteroatoms. The Morgan fingerprint density at radius 1 is 1.21 bits per heavy atom. The Balaban J connectivity index is 2.18.